The maximum atomic E-state index is 14.5. The molecule has 5 heteroatoms. The fourth-order valence-electron chi connectivity index (χ4n) is 2.24. The van der Waals surface area contributed by atoms with Crippen molar-refractivity contribution in [2.45, 2.75) is 13.0 Å². The molecule has 2 aromatic carbocycles. The van der Waals surface area contributed by atoms with Gasteiger partial charge in [-0.1, -0.05) is 52.7 Å². The van der Waals surface area contributed by atoms with Crippen molar-refractivity contribution >= 4 is 27.5 Å². The molecule has 0 saturated carbocycles. The number of ether oxygens (including phenoxy) is 1. The molecule has 112 valence electrons. The van der Waals surface area contributed by atoms with Crippen molar-refractivity contribution in [3.05, 3.63) is 62.8 Å². The van der Waals surface area contributed by atoms with Crippen LogP contribution in [0.15, 0.2) is 40.9 Å². The largest absolute Gasteiger partial charge is 0.494 e. The Morgan fingerprint density at radius 2 is 2.05 bits per heavy atom. The van der Waals surface area contributed by atoms with Crippen LogP contribution in [-0.2, 0) is 0 Å². The third-order valence-corrected chi connectivity index (χ3v) is 4.13. The molecule has 0 heterocycles. The summed E-state index contributed by atoms with van der Waals surface area (Å²) in [5.74, 6) is -0.117. The fraction of sp³-hybridized carbons (Fsp3) is 0.250. The van der Waals surface area contributed by atoms with E-state index in [1.54, 1.807) is 30.3 Å². The number of hydrogen-bond donors (Lipinski definition) is 1. The van der Waals surface area contributed by atoms with Crippen molar-refractivity contribution in [3.8, 4) is 5.75 Å². The van der Waals surface area contributed by atoms with Gasteiger partial charge in [-0.2, -0.15) is 0 Å². The monoisotopic (exact) mass is 371 g/mol. The van der Waals surface area contributed by atoms with Crippen molar-refractivity contribution in [3.63, 3.8) is 0 Å². The molecule has 21 heavy (non-hydrogen) atoms. The Kier molecular flexibility index (Phi) is 5.62. The SMILES string of the molecule is CCNC(c1ccc(Cl)cc1Br)c1cccc(OC)c1F. The summed E-state index contributed by atoms with van der Waals surface area (Å²) in [4.78, 5) is 0. The van der Waals surface area contributed by atoms with E-state index < -0.39 is 0 Å². The number of rotatable bonds is 5. The second-order valence-corrected chi connectivity index (χ2v) is 5.81. The Labute approximate surface area is 137 Å². The third kappa shape index (κ3) is 3.57. The van der Waals surface area contributed by atoms with Crippen molar-refractivity contribution in [2.75, 3.05) is 13.7 Å². The lowest BCUT2D eigenvalue weighted by Crippen LogP contribution is -2.23. The highest BCUT2D eigenvalue weighted by Crippen LogP contribution is 2.34. The van der Waals surface area contributed by atoms with E-state index in [-0.39, 0.29) is 17.6 Å². The molecule has 0 aromatic heterocycles. The first-order chi connectivity index (χ1) is 10.1. The molecular formula is C16H16BrClFNO. The first-order valence-electron chi connectivity index (χ1n) is 6.59. The fourth-order valence-corrected chi connectivity index (χ4v) is 3.15. The highest BCUT2D eigenvalue weighted by atomic mass is 79.9. The zero-order valence-corrected chi connectivity index (χ0v) is 14.1. The number of methoxy groups -OCH3 is 1. The summed E-state index contributed by atoms with van der Waals surface area (Å²) in [6, 6.07) is 10.4. The van der Waals surface area contributed by atoms with Crippen LogP contribution < -0.4 is 10.1 Å². The van der Waals surface area contributed by atoms with Gasteiger partial charge in [-0.3, -0.25) is 0 Å². The molecule has 0 aliphatic heterocycles. The predicted octanol–water partition coefficient (Wildman–Crippen LogP) is 4.95. The Morgan fingerprint density at radius 3 is 2.67 bits per heavy atom. The molecule has 0 aliphatic rings. The standard InChI is InChI=1S/C16H16BrClFNO/c1-3-20-16(11-8-7-10(18)9-13(11)17)12-5-4-6-14(21-2)15(12)19/h4-9,16,20H,3H2,1-2H3. The average Bonchev–Trinajstić information content (AvgIpc) is 2.46. The van der Waals surface area contributed by atoms with Crippen LogP contribution in [0, 0.1) is 5.82 Å². The summed E-state index contributed by atoms with van der Waals surface area (Å²) in [6.07, 6.45) is 0. The molecule has 1 unspecified atom stereocenters. The van der Waals surface area contributed by atoms with E-state index in [1.807, 2.05) is 13.0 Å². The summed E-state index contributed by atoms with van der Waals surface area (Å²) >= 11 is 9.48. The molecule has 0 spiro atoms. The topological polar surface area (TPSA) is 21.3 Å². The van der Waals surface area contributed by atoms with Gasteiger partial charge < -0.3 is 10.1 Å². The Balaban J connectivity index is 2.53. The van der Waals surface area contributed by atoms with Gasteiger partial charge in [-0.25, -0.2) is 4.39 Å². The van der Waals surface area contributed by atoms with E-state index in [0.717, 1.165) is 10.0 Å². The van der Waals surface area contributed by atoms with Crippen LogP contribution in [0.5, 0.6) is 5.75 Å². The lowest BCUT2D eigenvalue weighted by Gasteiger charge is -2.21. The molecule has 0 fully saturated rings. The van der Waals surface area contributed by atoms with Crippen LogP contribution in [0.3, 0.4) is 0 Å². The minimum Gasteiger partial charge on any atom is -0.494 e. The van der Waals surface area contributed by atoms with Crippen molar-refractivity contribution in [2.24, 2.45) is 0 Å². The zero-order valence-electron chi connectivity index (χ0n) is 11.8. The van der Waals surface area contributed by atoms with Gasteiger partial charge in [0.1, 0.15) is 0 Å². The van der Waals surface area contributed by atoms with Gasteiger partial charge in [-0.05, 0) is 30.3 Å². The quantitative estimate of drug-likeness (QED) is 0.802. The van der Waals surface area contributed by atoms with Crippen LogP contribution >= 0.6 is 27.5 Å². The highest BCUT2D eigenvalue weighted by Gasteiger charge is 2.21. The number of benzene rings is 2. The van der Waals surface area contributed by atoms with E-state index in [4.69, 9.17) is 16.3 Å². The van der Waals surface area contributed by atoms with Crippen LogP contribution in [0.2, 0.25) is 5.02 Å². The molecule has 2 aromatic rings. The zero-order chi connectivity index (χ0) is 15.4. The summed E-state index contributed by atoms with van der Waals surface area (Å²) in [7, 11) is 1.46. The maximum absolute atomic E-state index is 14.5. The number of halogens is 3. The lowest BCUT2D eigenvalue weighted by molar-refractivity contribution is 0.381. The van der Waals surface area contributed by atoms with Crippen LogP contribution in [0.25, 0.3) is 0 Å². The molecule has 0 aliphatic carbocycles. The maximum Gasteiger partial charge on any atom is 0.170 e. The van der Waals surface area contributed by atoms with E-state index >= 15 is 0 Å². The van der Waals surface area contributed by atoms with E-state index in [1.165, 1.54) is 7.11 Å². The Bertz CT molecular complexity index is 636. The number of nitrogens with one attached hydrogen (secondary N) is 1. The smallest absolute Gasteiger partial charge is 0.170 e. The molecule has 0 bridgehead atoms. The van der Waals surface area contributed by atoms with Crippen LogP contribution in [0.4, 0.5) is 4.39 Å². The minimum absolute atomic E-state index is 0.237. The molecule has 2 nitrogen and oxygen atoms in total. The van der Waals surface area contributed by atoms with Crippen LogP contribution in [-0.4, -0.2) is 13.7 Å². The van der Waals surface area contributed by atoms with E-state index in [0.29, 0.717) is 17.1 Å². The normalized spacial score (nSPS) is 12.2. The second kappa shape index (κ2) is 7.25. The molecule has 2 rings (SSSR count). The summed E-state index contributed by atoms with van der Waals surface area (Å²) in [5, 5.41) is 3.93. The van der Waals surface area contributed by atoms with Gasteiger partial charge in [0.15, 0.2) is 11.6 Å². The summed E-state index contributed by atoms with van der Waals surface area (Å²) < 4.78 is 20.4. The summed E-state index contributed by atoms with van der Waals surface area (Å²) in [5.41, 5.74) is 1.47. The molecule has 0 radical (unpaired) electrons. The van der Waals surface area contributed by atoms with Gasteiger partial charge in [0.25, 0.3) is 0 Å². The highest BCUT2D eigenvalue weighted by molar-refractivity contribution is 9.10. The van der Waals surface area contributed by atoms with Crippen molar-refractivity contribution < 1.29 is 9.13 Å². The number of hydrogen-bond acceptors (Lipinski definition) is 2. The minimum atomic E-state index is -0.354. The van der Waals surface area contributed by atoms with Gasteiger partial charge in [0, 0.05) is 15.1 Å². The predicted molar refractivity (Wildman–Crippen MR) is 87.6 cm³/mol. The lowest BCUT2D eigenvalue weighted by atomic mass is 9.98. The van der Waals surface area contributed by atoms with E-state index in [2.05, 4.69) is 21.2 Å². The van der Waals surface area contributed by atoms with Gasteiger partial charge >= 0.3 is 0 Å². The van der Waals surface area contributed by atoms with Gasteiger partial charge in [-0.15, -0.1) is 0 Å². The Hall–Kier alpha value is -1.10. The van der Waals surface area contributed by atoms with Crippen LogP contribution in [0.1, 0.15) is 24.1 Å². The van der Waals surface area contributed by atoms with Gasteiger partial charge in [0.05, 0.1) is 13.2 Å². The molecule has 0 saturated heterocycles. The van der Waals surface area contributed by atoms with Crippen molar-refractivity contribution in [1.29, 1.82) is 0 Å². The summed E-state index contributed by atoms with van der Waals surface area (Å²) in [6.45, 7) is 2.69. The first kappa shape index (κ1) is 16.3. The third-order valence-electron chi connectivity index (χ3n) is 3.21. The molecule has 0 amide bonds. The van der Waals surface area contributed by atoms with Crippen molar-refractivity contribution in [1.82, 2.24) is 5.32 Å². The first-order valence-corrected chi connectivity index (χ1v) is 7.76. The Morgan fingerprint density at radius 1 is 1.29 bits per heavy atom. The average molecular weight is 373 g/mol. The molecule has 1 atom stereocenters. The molecule has 1 N–H and O–H groups in total. The molecular weight excluding hydrogens is 357 g/mol. The van der Waals surface area contributed by atoms with E-state index in [9.17, 15) is 4.39 Å². The second-order valence-electron chi connectivity index (χ2n) is 4.52. The van der Waals surface area contributed by atoms with Gasteiger partial charge in [0.2, 0.25) is 0 Å².